The standard InChI is InChI=1S/C16H19N3O2S/c1-16(2,3)15-5-4-13(11-18-15)22(20,21)19-9-7-12-10-17-8-6-14(12)19/h4-6,8,10-11H,7,9H2,1-3H3. The Kier molecular flexibility index (Phi) is 3.44. The molecule has 0 aliphatic carbocycles. The second-order valence-corrected chi connectivity index (χ2v) is 8.32. The molecule has 22 heavy (non-hydrogen) atoms. The molecule has 0 amide bonds. The van der Waals surface area contributed by atoms with Gasteiger partial charge in [0.1, 0.15) is 4.90 Å². The van der Waals surface area contributed by atoms with Crippen molar-refractivity contribution >= 4 is 15.7 Å². The van der Waals surface area contributed by atoms with Gasteiger partial charge in [0.05, 0.1) is 5.69 Å². The van der Waals surface area contributed by atoms with E-state index in [-0.39, 0.29) is 10.3 Å². The van der Waals surface area contributed by atoms with E-state index in [1.165, 1.54) is 10.5 Å². The first-order valence-electron chi connectivity index (χ1n) is 7.22. The summed E-state index contributed by atoms with van der Waals surface area (Å²) in [6.07, 6.45) is 5.49. The third-order valence-electron chi connectivity index (χ3n) is 3.82. The lowest BCUT2D eigenvalue weighted by atomic mass is 9.92. The Bertz CT molecular complexity index is 793. The number of rotatable bonds is 2. The highest BCUT2D eigenvalue weighted by atomic mass is 32.2. The summed E-state index contributed by atoms with van der Waals surface area (Å²) in [4.78, 5) is 8.60. The SMILES string of the molecule is CC(C)(C)c1ccc(S(=O)(=O)N2CCc3cnccc32)cn1. The maximum absolute atomic E-state index is 12.8. The van der Waals surface area contributed by atoms with Gasteiger partial charge in [-0.3, -0.25) is 14.3 Å². The molecular formula is C16H19N3O2S. The zero-order valence-electron chi connectivity index (χ0n) is 12.9. The van der Waals surface area contributed by atoms with Crippen molar-refractivity contribution in [2.45, 2.75) is 37.5 Å². The van der Waals surface area contributed by atoms with Crippen LogP contribution in [0.3, 0.4) is 0 Å². The molecule has 3 heterocycles. The predicted molar refractivity (Wildman–Crippen MR) is 85.4 cm³/mol. The van der Waals surface area contributed by atoms with Gasteiger partial charge in [-0.15, -0.1) is 0 Å². The van der Waals surface area contributed by atoms with Crippen molar-refractivity contribution in [2.24, 2.45) is 0 Å². The summed E-state index contributed by atoms with van der Waals surface area (Å²) in [5.41, 5.74) is 2.45. The van der Waals surface area contributed by atoms with Crippen LogP contribution in [-0.4, -0.2) is 24.9 Å². The molecule has 0 radical (unpaired) electrons. The van der Waals surface area contributed by atoms with Gasteiger partial charge in [0.15, 0.2) is 0 Å². The predicted octanol–water partition coefficient (Wildman–Crippen LogP) is 2.53. The van der Waals surface area contributed by atoms with Gasteiger partial charge in [0.25, 0.3) is 10.0 Å². The fourth-order valence-corrected chi connectivity index (χ4v) is 4.00. The summed E-state index contributed by atoms with van der Waals surface area (Å²) in [6.45, 7) is 6.60. The van der Waals surface area contributed by atoms with E-state index in [0.717, 1.165) is 16.9 Å². The van der Waals surface area contributed by atoms with Crippen molar-refractivity contribution in [1.82, 2.24) is 9.97 Å². The van der Waals surface area contributed by atoms with E-state index in [2.05, 4.69) is 9.97 Å². The summed E-state index contributed by atoms with van der Waals surface area (Å²) in [5, 5.41) is 0. The van der Waals surface area contributed by atoms with Crippen molar-refractivity contribution in [1.29, 1.82) is 0 Å². The number of sulfonamides is 1. The second kappa shape index (κ2) is 5.05. The monoisotopic (exact) mass is 317 g/mol. The molecule has 3 rings (SSSR count). The first kappa shape index (κ1) is 15.0. The van der Waals surface area contributed by atoms with Crippen LogP contribution in [0.4, 0.5) is 5.69 Å². The van der Waals surface area contributed by atoms with E-state index in [4.69, 9.17) is 0 Å². The van der Waals surface area contributed by atoms with E-state index >= 15 is 0 Å². The van der Waals surface area contributed by atoms with Crippen molar-refractivity contribution in [3.63, 3.8) is 0 Å². The van der Waals surface area contributed by atoms with Crippen molar-refractivity contribution in [3.8, 4) is 0 Å². The summed E-state index contributed by atoms with van der Waals surface area (Å²) in [7, 11) is -3.57. The van der Waals surface area contributed by atoms with Crippen LogP contribution in [-0.2, 0) is 21.9 Å². The molecule has 0 spiro atoms. The van der Waals surface area contributed by atoms with E-state index in [1.54, 1.807) is 30.6 Å². The molecule has 0 saturated carbocycles. The highest BCUT2D eigenvalue weighted by Crippen LogP contribution is 2.32. The van der Waals surface area contributed by atoms with Crippen LogP contribution in [0.25, 0.3) is 0 Å². The Morgan fingerprint density at radius 3 is 2.55 bits per heavy atom. The third kappa shape index (κ3) is 2.47. The molecular weight excluding hydrogens is 298 g/mol. The minimum atomic E-state index is -3.57. The molecule has 5 nitrogen and oxygen atoms in total. The maximum atomic E-state index is 12.8. The van der Waals surface area contributed by atoms with Crippen LogP contribution in [0.5, 0.6) is 0 Å². The van der Waals surface area contributed by atoms with Gasteiger partial charge in [-0.05, 0) is 30.2 Å². The van der Waals surface area contributed by atoms with E-state index < -0.39 is 10.0 Å². The molecule has 0 atom stereocenters. The zero-order chi connectivity index (χ0) is 16.0. The van der Waals surface area contributed by atoms with Crippen LogP contribution < -0.4 is 4.31 Å². The number of anilines is 1. The average molecular weight is 317 g/mol. The number of pyridine rings is 2. The summed E-state index contributed by atoms with van der Waals surface area (Å²) >= 11 is 0. The lowest BCUT2D eigenvalue weighted by molar-refractivity contribution is 0.565. The second-order valence-electron chi connectivity index (χ2n) is 6.46. The Balaban J connectivity index is 1.98. The van der Waals surface area contributed by atoms with Crippen LogP contribution >= 0.6 is 0 Å². The maximum Gasteiger partial charge on any atom is 0.265 e. The van der Waals surface area contributed by atoms with Gasteiger partial charge in [-0.25, -0.2) is 8.42 Å². The Hall–Kier alpha value is -1.95. The van der Waals surface area contributed by atoms with E-state index in [1.807, 2.05) is 20.8 Å². The van der Waals surface area contributed by atoms with E-state index in [9.17, 15) is 8.42 Å². The average Bonchev–Trinajstić information content (AvgIpc) is 2.91. The number of aromatic nitrogens is 2. The summed E-state index contributed by atoms with van der Waals surface area (Å²) < 4.78 is 27.1. The quantitative estimate of drug-likeness (QED) is 0.854. The molecule has 0 bridgehead atoms. The fourth-order valence-electron chi connectivity index (χ4n) is 2.55. The number of hydrogen-bond acceptors (Lipinski definition) is 4. The molecule has 6 heteroatoms. The first-order chi connectivity index (χ1) is 10.3. The Labute approximate surface area is 131 Å². The molecule has 2 aromatic heterocycles. The van der Waals surface area contributed by atoms with E-state index in [0.29, 0.717) is 13.0 Å². The van der Waals surface area contributed by atoms with Crippen molar-refractivity contribution in [2.75, 3.05) is 10.8 Å². The normalized spacial score (nSPS) is 15.0. The van der Waals surface area contributed by atoms with Crippen LogP contribution in [0, 0.1) is 0 Å². The molecule has 116 valence electrons. The fraction of sp³-hybridized carbons (Fsp3) is 0.375. The van der Waals surface area contributed by atoms with Gasteiger partial charge >= 0.3 is 0 Å². The summed E-state index contributed by atoms with van der Waals surface area (Å²) in [5.74, 6) is 0. The minimum absolute atomic E-state index is 0.103. The first-order valence-corrected chi connectivity index (χ1v) is 8.66. The zero-order valence-corrected chi connectivity index (χ0v) is 13.8. The number of fused-ring (bicyclic) bond motifs is 1. The van der Waals surface area contributed by atoms with Crippen molar-refractivity contribution < 1.29 is 8.42 Å². The number of hydrogen-bond donors (Lipinski definition) is 0. The Morgan fingerprint density at radius 2 is 1.91 bits per heavy atom. The van der Waals surface area contributed by atoms with Crippen LogP contribution in [0.2, 0.25) is 0 Å². The Morgan fingerprint density at radius 1 is 1.14 bits per heavy atom. The third-order valence-corrected chi connectivity index (χ3v) is 5.62. The molecule has 0 unspecified atom stereocenters. The van der Waals surface area contributed by atoms with Gasteiger partial charge < -0.3 is 0 Å². The molecule has 1 aliphatic rings. The van der Waals surface area contributed by atoms with Crippen LogP contribution in [0.1, 0.15) is 32.0 Å². The largest absolute Gasteiger partial charge is 0.266 e. The lowest BCUT2D eigenvalue weighted by Crippen LogP contribution is -2.29. The molecule has 0 fully saturated rings. The lowest BCUT2D eigenvalue weighted by Gasteiger charge is -2.21. The highest BCUT2D eigenvalue weighted by molar-refractivity contribution is 7.92. The number of nitrogens with zero attached hydrogens (tertiary/aromatic N) is 3. The van der Waals surface area contributed by atoms with Crippen LogP contribution in [0.15, 0.2) is 41.7 Å². The van der Waals surface area contributed by atoms with Gasteiger partial charge in [-0.2, -0.15) is 0 Å². The molecule has 0 saturated heterocycles. The van der Waals surface area contributed by atoms with Gasteiger partial charge in [-0.1, -0.05) is 20.8 Å². The highest BCUT2D eigenvalue weighted by Gasteiger charge is 2.31. The van der Waals surface area contributed by atoms with Crippen molar-refractivity contribution in [3.05, 3.63) is 48.0 Å². The molecule has 0 aromatic carbocycles. The van der Waals surface area contributed by atoms with Gasteiger partial charge in [0.2, 0.25) is 0 Å². The van der Waals surface area contributed by atoms with Gasteiger partial charge in [0, 0.05) is 36.2 Å². The minimum Gasteiger partial charge on any atom is -0.266 e. The molecule has 2 aromatic rings. The molecule has 0 N–H and O–H groups in total. The smallest absolute Gasteiger partial charge is 0.265 e. The topological polar surface area (TPSA) is 63.2 Å². The summed E-state index contributed by atoms with van der Waals surface area (Å²) in [6, 6.07) is 5.18. The molecule has 1 aliphatic heterocycles.